The highest BCUT2D eigenvalue weighted by molar-refractivity contribution is 5.97. The molecule has 0 saturated carbocycles. The van der Waals surface area contributed by atoms with Crippen LogP contribution in [0.1, 0.15) is 36.1 Å². The summed E-state index contributed by atoms with van der Waals surface area (Å²) in [5.41, 5.74) is 7.60. The molecule has 1 heterocycles. The molecule has 0 spiro atoms. The largest absolute Gasteiger partial charge is 0.255 e. The van der Waals surface area contributed by atoms with Crippen molar-refractivity contribution in [2.45, 2.75) is 40.5 Å². The Kier molecular flexibility index (Phi) is 3.98. The van der Waals surface area contributed by atoms with Crippen molar-refractivity contribution in [3.8, 4) is 11.3 Å². The molecule has 0 aliphatic heterocycles. The van der Waals surface area contributed by atoms with E-state index in [2.05, 4.69) is 64.1 Å². The van der Waals surface area contributed by atoms with Gasteiger partial charge in [0.15, 0.2) is 0 Å². The zero-order chi connectivity index (χ0) is 15.7. The lowest BCUT2D eigenvalue weighted by atomic mass is 9.96. The van der Waals surface area contributed by atoms with Crippen molar-refractivity contribution in [2.24, 2.45) is 0 Å². The minimum atomic E-state index is 1.02. The first-order valence-electron chi connectivity index (χ1n) is 8.11. The summed E-state index contributed by atoms with van der Waals surface area (Å²) in [5.74, 6) is 0. The Morgan fingerprint density at radius 2 is 1.55 bits per heavy atom. The van der Waals surface area contributed by atoms with Crippen LogP contribution in [0.5, 0.6) is 0 Å². The van der Waals surface area contributed by atoms with Crippen LogP contribution in [0.3, 0.4) is 0 Å². The zero-order valence-corrected chi connectivity index (χ0v) is 13.9. The number of rotatable bonds is 3. The summed E-state index contributed by atoms with van der Waals surface area (Å²) in [4.78, 5) is 4.81. The van der Waals surface area contributed by atoms with Gasteiger partial charge in [-0.3, -0.25) is 4.98 Å². The molecule has 0 bridgehead atoms. The first-order valence-corrected chi connectivity index (χ1v) is 8.11. The average molecular weight is 289 g/mol. The van der Waals surface area contributed by atoms with E-state index in [1.807, 2.05) is 6.20 Å². The van der Waals surface area contributed by atoms with Gasteiger partial charge in [0.2, 0.25) is 0 Å². The molecule has 1 aromatic heterocycles. The molecule has 0 unspecified atom stereocenters. The van der Waals surface area contributed by atoms with Crippen LogP contribution in [-0.2, 0) is 12.8 Å². The van der Waals surface area contributed by atoms with E-state index in [9.17, 15) is 0 Å². The molecule has 22 heavy (non-hydrogen) atoms. The molecule has 2 aromatic carbocycles. The van der Waals surface area contributed by atoms with Gasteiger partial charge >= 0.3 is 0 Å². The molecule has 0 fully saturated rings. The lowest BCUT2D eigenvalue weighted by Gasteiger charge is -2.12. The van der Waals surface area contributed by atoms with Gasteiger partial charge in [-0.15, -0.1) is 0 Å². The second kappa shape index (κ2) is 5.92. The molecule has 3 aromatic rings. The topological polar surface area (TPSA) is 12.9 Å². The first-order chi connectivity index (χ1) is 10.6. The van der Waals surface area contributed by atoms with Crippen molar-refractivity contribution in [2.75, 3.05) is 0 Å². The third-order valence-electron chi connectivity index (χ3n) is 4.32. The molecule has 0 N–H and O–H groups in total. The van der Waals surface area contributed by atoms with Crippen LogP contribution < -0.4 is 0 Å². The Bertz CT molecular complexity index is 810. The molecule has 3 rings (SSSR count). The minimum Gasteiger partial charge on any atom is -0.255 e. The third kappa shape index (κ3) is 2.64. The molecule has 112 valence electrons. The number of aryl methyl sites for hydroxylation is 4. The Hall–Kier alpha value is -2.15. The number of hydrogen-bond acceptors (Lipinski definition) is 1. The van der Waals surface area contributed by atoms with Crippen molar-refractivity contribution < 1.29 is 0 Å². The molecular formula is C21H23N. The number of benzene rings is 2. The Labute approximate surface area is 133 Å². The fourth-order valence-electron chi connectivity index (χ4n) is 3.19. The fourth-order valence-corrected chi connectivity index (χ4v) is 3.19. The van der Waals surface area contributed by atoms with E-state index < -0.39 is 0 Å². The molecule has 0 amide bonds. The number of aromatic nitrogens is 1. The molecular weight excluding hydrogens is 266 g/mol. The van der Waals surface area contributed by atoms with Gasteiger partial charge in [-0.2, -0.15) is 0 Å². The summed E-state index contributed by atoms with van der Waals surface area (Å²) >= 11 is 0. The summed E-state index contributed by atoms with van der Waals surface area (Å²) in [5, 5.41) is 2.62. The first kappa shape index (κ1) is 14.8. The summed E-state index contributed by atoms with van der Waals surface area (Å²) in [6.45, 7) is 8.70. The highest BCUT2D eigenvalue weighted by atomic mass is 14.7. The van der Waals surface area contributed by atoms with Crippen LogP contribution in [0.15, 0.2) is 42.6 Å². The van der Waals surface area contributed by atoms with Crippen molar-refractivity contribution >= 4 is 10.8 Å². The second-order valence-electron chi connectivity index (χ2n) is 6.10. The van der Waals surface area contributed by atoms with Crippen LogP contribution in [-0.4, -0.2) is 4.98 Å². The molecule has 0 aliphatic rings. The van der Waals surface area contributed by atoms with Crippen molar-refractivity contribution in [1.82, 2.24) is 4.98 Å². The van der Waals surface area contributed by atoms with E-state index in [1.165, 1.54) is 38.6 Å². The van der Waals surface area contributed by atoms with Gasteiger partial charge in [-0.25, -0.2) is 0 Å². The smallest absolute Gasteiger partial charge is 0.0780 e. The summed E-state index contributed by atoms with van der Waals surface area (Å²) < 4.78 is 0. The van der Waals surface area contributed by atoms with Gasteiger partial charge in [0.25, 0.3) is 0 Å². The minimum absolute atomic E-state index is 1.02. The molecule has 1 nitrogen and oxygen atoms in total. The summed E-state index contributed by atoms with van der Waals surface area (Å²) in [6, 6.07) is 13.5. The number of fused-ring (bicyclic) bond motifs is 1. The molecule has 0 radical (unpaired) electrons. The number of hydrogen-bond donors (Lipinski definition) is 0. The van der Waals surface area contributed by atoms with Gasteiger partial charge in [-0.05, 0) is 61.4 Å². The number of nitrogens with zero attached hydrogens (tertiary/aromatic N) is 1. The van der Waals surface area contributed by atoms with E-state index in [-0.39, 0.29) is 0 Å². The van der Waals surface area contributed by atoms with E-state index in [1.54, 1.807) is 0 Å². The third-order valence-corrected chi connectivity index (χ3v) is 4.32. The van der Waals surface area contributed by atoms with Crippen molar-refractivity contribution in [3.63, 3.8) is 0 Å². The zero-order valence-electron chi connectivity index (χ0n) is 13.9. The molecule has 0 saturated heterocycles. The average Bonchev–Trinajstić information content (AvgIpc) is 2.52. The maximum Gasteiger partial charge on any atom is 0.0780 e. The predicted molar refractivity (Wildman–Crippen MR) is 95.4 cm³/mol. The Balaban J connectivity index is 2.33. The Morgan fingerprint density at radius 1 is 0.818 bits per heavy atom. The van der Waals surface area contributed by atoms with Crippen LogP contribution >= 0.6 is 0 Å². The van der Waals surface area contributed by atoms with E-state index in [0.29, 0.717) is 0 Å². The molecule has 1 heteroatoms. The standard InChI is InChI=1S/C21H23N/c1-5-16-7-8-19-17(6-2)13-22-21(20(19)12-16)18-10-14(3)9-15(4)11-18/h7-13H,5-6H2,1-4H3. The summed E-state index contributed by atoms with van der Waals surface area (Å²) in [6.07, 6.45) is 4.11. The van der Waals surface area contributed by atoms with Gasteiger partial charge < -0.3 is 0 Å². The molecule has 0 aliphatic carbocycles. The van der Waals surface area contributed by atoms with Crippen LogP contribution in [0.4, 0.5) is 0 Å². The highest BCUT2D eigenvalue weighted by Crippen LogP contribution is 2.31. The lowest BCUT2D eigenvalue weighted by Crippen LogP contribution is -1.94. The fraction of sp³-hybridized carbons (Fsp3) is 0.286. The second-order valence-corrected chi connectivity index (χ2v) is 6.10. The van der Waals surface area contributed by atoms with E-state index in [4.69, 9.17) is 4.98 Å². The monoisotopic (exact) mass is 289 g/mol. The van der Waals surface area contributed by atoms with Crippen LogP contribution in [0.2, 0.25) is 0 Å². The van der Waals surface area contributed by atoms with Crippen LogP contribution in [0, 0.1) is 13.8 Å². The van der Waals surface area contributed by atoms with Gasteiger partial charge in [0.1, 0.15) is 0 Å². The Morgan fingerprint density at radius 3 is 2.18 bits per heavy atom. The highest BCUT2D eigenvalue weighted by Gasteiger charge is 2.10. The van der Waals surface area contributed by atoms with Crippen LogP contribution in [0.25, 0.3) is 22.0 Å². The maximum atomic E-state index is 4.81. The van der Waals surface area contributed by atoms with Crippen molar-refractivity contribution in [3.05, 3.63) is 64.8 Å². The number of pyridine rings is 1. The van der Waals surface area contributed by atoms with E-state index >= 15 is 0 Å². The lowest BCUT2D eigenvalue weighted by molar-refractivity contribution is 1.12. The van der Waals surface area contributed by atoms with Crippen molar-refractivity contribution in [1.29, 1.82) is 0 Å². The maximum absolute atomic E-state index is 4.81. The molecule has 0 atom stereocenters. The van der Waals surface area contributed by atoms with E-state index in [0.717, 1.165) is 18.5 Å². The normalized spacial score (nSPS) is 11.1. The SMILES string of the molecule is CCc1ccc2c(CC)cnc(-c3cc(C)cc(C)c3)c2c1. The van der Waals surface area contributed by atoms with Gasteiger partial charge in [0, 0.05) is 17.1 Å². The van der Waals surface area contributed by atoms with Gasteiger partial charge in [0.05, 0.1) is 5.69 Å². The van der Waals surface area contributed by atoms with Gasteiger partial charge in [-0.1, -0.05) is 43.2 Å². The summed E-state index contributed by atoms with van der Waals surface area (Å²) in [7, 11) is 0. The quantitative estimate of drug-likeness (QED) is 0.607. The predicted octanol–water partition coefficient (Wildman–Crippen LogP) is 5.64.